The van der Waals surface area contributed by atoms with Crippen LogP contribution in [-0.4, -0.2) is 19.3 Å². The van der Waals surface area contributed by atoms with Gasteiger partial charge in [0.25, 0.3) is 0 Å². The highest BCUT2D eigenvalue weighted by Gasteiger charge is 2.22. The van der Waals surface area contributed by atoms with E-state index in [0.717, 1.165) is 30.5 Å². The van der Waals surface area contributed by atoms with Gasteiger partial charge < -0.3 is 15.2 Å². The molecule has 112 valence electrons. The minimum atomic E-state index is -0.277. The molecule has 1 heterocycles. The van der Waals surface area contributed by atoms with E-state index in [2.05, 4.69) is 32.6 Å². The van der Waals surface area contributed by atoms with Crippen molar-refractivity contribution in [2.75, 3.05) is 13.3 Å². The summed E-state index contributed by atoms with van der Waals surface area (Å²) in [5.74, 6) is 0.423. The van der Waals surface area contributed by atoms with Gasteiger partial charge in [0.2, 0.25) is 6.79 Å². The number of hydrogen-bond acceptors (Lipinski definition) is 3. The molecular formula is C16H26NO3+. The minimum Gasteiger partial charge on any atom is -0.456 e. The summed E-state index contributed by atoms with van der Waals surface area (Å²) in [6.07, 6.45) is 4.33. The molecule has 0 aromatic heterocycles. The molecule has 0 bridgehead atoms. The van der Waals surface area contributed by atoms with Crippen LogP contribution in [0.3, 0.4) is 0 Å². The summed E-state index contributed by atoms with van der Waals surface area (Å²) >= 11 is 0. The largest absolute Gasteiger partial charge is 0.456 e. The Balaban J connectivity index is 0.000000347. The Bertz CT molecular complexity index is 442. The van der Waals surface area contributed by atoms with Gasteiger partial charge in [0, 0.05) is 0 Å². The standard InChI is InChI=1S/C12H14O3.C4H11N/c1-3-8-5-9(4-2)11-10(6-8)12(13)15-7-14-11;1-2-3-4-5/h5-6H,3-4,7H2,1-2H3;2-5H2,1H3/p+1. The first-order valence-corrected chi connectivity index (χ1v) is 7.42. The Kier molecular flexibility index (Phi) is 7.09. The molecule has 3 N–H and O–H groups in total. The van der Waals surface area contributed by atoms with Crippen LogP contribution in [0, 0.1) is 0 Å². The van der Waals surface area contributed by atoms with Gasteiger partial charge in [-0.05, 0) is 36.5 Å². The van der Waals surface area contributed by atoms with E-state index >= 15 is 0 Å². The van der Waals surface area contributed by atoms with Gasteiger partial charge in [-0.1, -0.05) is 33.3 Å². The molecule has 0 radical (unpaired) electrons. The first-order valence-electron chi connectivity index (χ1n) is 7.42. The molecule has 1 aromatic rings. The Morgan fingerprint density at radius 2 is 1.90 bits per heavy atom. The topological polar surface area (TPSA) is 63.2 Å². The average molecular weight is 280 g/mol. The summed E-state index contributed by atoms with van der Waals surface area (Å²) in [6.45, 7) is 7.42. The number of ether oxygens (including phenoxy) is 2. The second kappa shape index (κ2) is 8.59. The van der Waals surface area contributed by atoms with Gasteiger partial charge in [-0.3, -0.25) is 0 Å². The van der Waals surface area contributed by atoms with Gasteiger partial charge in [-0.15, -0.1) is 0 Å². The summed E-state index contributed by atoms with van der Waals surface area (Å²) < 4.78 is 10.2. The van der Waals surface area contributed by atoms with Crippen LogP contribution in [0.2, 0.25) is 0 Å². The predicted molar refractivity (Wildman–Crippen MR) is 78.8 cm³/mol. The van der Waals surface area contributed by atoms with Crippen LogP contribution >= 0.6 is 0 Å². The lowest BCUT2D eigenvalue weighted by Crippen LogP contribution is -2.49. The lowest BCUT2D eigenvalue weighted by molar-refractivity contribution is -0.368. The van der Waals surface area contributed by atoms with Gasteiger partial charge in [0.15, 0.2) is 0 Å². The number of esters is 1. The molecule has 0 amide bonds. The molecule has 4 heteroatoms. The number of quaternary nitrogens is 1. The van der Waals surface area contributed by atoms with Crippen LogP contribution in [0.4, 0.5) is 0 Å². The number of carbonyl (C=O) groups excluding carboxylic acids is 1. The van der Waals surface area contributed by atoms with Gasteiger partial charge in [0.05, 0.1) is 6.54 Å². The van der Waals surface area contributed by atoms with E-state index in [1.54, 1.807) is 0 Å². The Morgan fingerprint density at radius 1 is 1.15 bits per heavy atom. The third-order valence-electron chi connectivity index (χ3n) is 3.23. The van der Waals surface area contributed by atoms with Crippen LogP contribution < -0.4 is 10.5 Å². The fourth-order valence-electron chi connectivity index (χ4n) is 2.01. The molecule has 1 aromatic carbocycles. The van der Waals surface area contributed by atoms with Crippen molar-refractivity contribution in [3.05, 3.63) is 28.8 Å². The molecule has 1 aliphatic rings. The van der Waals surface area contributed by atoms with E-state index in [4.69, 9.17) is 9.47 Å². The number of rotatable bonds is 4. The lowest BCUT2D eigenvalue weighted by Gasteiger charge is -2.20. The first-order chi connectivity index (χ1) is 9.67. The molecule has 0 unspecified atom stereocenters. The van der Waals surface area contributed by atoms with E-state index in [1.807, 2.05) is 6.07 Å². The van der Waals surface area contributed by atoms with Gasteiger partial charge in [0.1, 0.15) is 11.3 Å². The second-order valence-corrected chi connectivity index (χ2v) is 4.74. The maximum atomic E-state index is 11.5. The molecule has 20 heavy (non-hydrogen) atoms. The number of fused-ring (bicyclic) bond motifs is 1. The van der Waals surface area contributed by atoms with Crippen LogP contribution in [0.15, 0.2) is 12.1 Å². The Morgan fingerprint density at radius 3 is 2.40 bits per heavy atom. The fraction of sp³-hybridized carbons (Fsp3) is 0.562. The first kappa shape index (κ1) is 16.5. The smallest absolute Gasteiger partial charge is 0.344 e. The van der Waals surface area contributed by atoms with Crippen molar-refractivity contribution in [3.8, 4) is 5.75 Å². The van der Waals surface area contributed by atoms with Crippen molar-refractivity contribution < 1.29 is 20.0 Å². The number of cyclic esters (lactones) is 1. The molecule has 0 saturated heterocycles. The van der Waals surface area contributed by atoms with Crippen LogP contribution in [-0.2, 0) is 17.6 Å². The number of benzene rings is 1. The molecule has 0 spiro atoms. The zero-order chi connectivity index (χ0) is 15.0. The Hall–Kier alpha value is -1.55. The maximum Gasteiger partial charge on any atom is 0.344 e. The fourth-order valence-corrected chi connectivity index (χ4v) is 2.01. The minimum absolute atomic E-state index is 0.0320. The van der Waals surface area contributed by atoms with E-state index in [0.29, 0.717) is 11.3 Å². The SMILES string of the molecule is CCCC[NH3+].CCc1cc(CC)c2c(c1)C(=O)OCO2. The van der Waals surface area contributed by atoms with Crippen molar-refractivity contribution in [1.29, 1.82) is 0 Å². The molecule has 1 aliphatic heterocycles. The highest BCUT2D eigenvalue weighted by atomic mass is 16.7. The molecule has 0 fully saturated rings. The van der Waals surface area contributed by atoms with E-state index in [1.165, 1.54) is 12.8 Å². The summed E-state index contributed by atoms with van der Waals surface area (Å²) in [4.78, 5) is 11.5. The number of aryl methyl sites for hydroxylation is 2. The molecular weight excluding hydrogens is 254 g/mol. The van der Waals surface area contributed by atoms with Crippen molar-refractivity contribution in [3.63, 3.8) is 0 Å². The lowest BCUT2D eigenvalue weighted by atomic mass is 10.0. The van der Waals surface area contributed by atoms with Crippen LogP contribution in [0.1, 0.15) is 55.1 Å². The highest BCUT2D eigenvalue weighted by Crippen LogP contribution is 2.30. The molecule has 2 rings (SSSR count). The van der Waals surface area contributed by atoms with E-state index < -0.39 is 0 Å². The quantitative estimate of drug-likeness (QED) is 0.861. The zero-order valence-corrected chi connectivity index (χ0v) is 12.8. The predicted octanol–water partition coefficient (Wildman–Crippen LogP) is 2.35. The highest BCUT2D eigenvalue weighted by molar-refractivity contribution is 5.94. The average Bonchev–Trinajstić information content (AvgIpc) is 2.48. The maximum absolute atomic E-state index is 11.5. The normalized spacial score (nSPS) is 12.7. The van der Waals surface area contributed by atoms with E-state index in [-0.39, 0.29) is 12.8 Å². The Labute approximate surface area is 121 Å². The van der Waals surface area contributed by atoms with Crippen LogP contribution in [0.5, 0.6) is 5.75 Å². The molecule has 4 nitrogen and oxygen atoms in total. The van der Waals surface area contributed by atoms with Gasteiger partial charge in [-0.25, -0.2) is 4.79 Å². The summed E-state index contributed by atoms with van der Waals surface area (Å²) in [6, 6.07) is 3.95. The number of unbranched alkanes of at least 4 members (excludes halogenated alkanes) is 1. The number of hydrogen-bond donors (Lipinski definition) is 1. The molecule has 0 saturated carbocycles. The second-order valence-electron chi connectivity index (χ2n) is 4.74. The van der Waals surface area contributed by atoms with E-state index in [9.17, 15) is 4.79 Å². The molecule has 0 aliphatic carbocycles. The summed E-state index contributed by atoms with van der Waals surface area (Å²) in [5.41, 5.74) is 6.47. The summed E-state index contributed by atoms with van der Waals surface area (Å²) in [7, 11) is 0. The van der Waals surface area contributed by atoms with Crippen molar-refractivity contribution in [2.24, 2.45) is 0 Å². The van der Waals surface area contributed by atoms with Crippen molar-refractivity contribution >= 4 is 5.97 Å². The molecule has 0 atom stereocenters. The third kappa shape index (κ3) is 4.23. The monoisotopic (exact) mass is 280 g/mol. The van der Waals surface area contributed by atoms with Crippen LogP contribution in [0.25, 0.3) is 0 Å². The van der Waals surface area contributed by atoms with Crippen molar-refractivity contribution in [2.45, 2.75) is 46.5 Å². The van der Waals surface area contributed by atoms with Gasteiger partial charge in [-0.2, -0.15) is 0 Å². The summed E-state index contributed by atoms with van der Waals surface area (Å²) in [5, 5.41) is 0. The van der Waals surface area contributed by atoms with Crippen molar-refractivity contribution in [1.82, 2.24) is 0 Å². The number of carbonyl (C=O) groups is 1. The third-order valence-corrected chi connectivity index (χ3v) is 3.23. The zero-order valence-electron chi connectivity index (χ0n) is 12.8. The van der Waals surface area contributed by atoms with Gasteiger partial charge >= 0.3 is 5.97 Å².